The molecule has 0 fully saturated rings. The van der Waals surface area contributed by atoms with E-state index in [-0.39, 0.29) is 15.8 Å². The van der Waals surface area contributed by atoms with Crippen molar-refractivity contribution in [1.82, 2.24) is 14.6 Å². The van der Waals surface area contributed by atoms with Gasteiger partial charge in [0.25, 0.3) is 12.9 Å². The molecule has 0 aromatic carbocycles. The number of hydrogen-bond acceptors (Lipinski definition) is 2. The van der Waals surface area contributed by atoms with E-state index in [1.165, 1.54) is 0 Å². The molecule has 0 saturated carbocycles. The highest BCUT2D eigenvalue weighted by Gasteiger charge is 2.17. The van der Waals surface area contributed by atoms with Gasteiger partial charge in [0.1, 0.15) is 4.60 Å². The summed E-state index contributed by atoms with van der Waals surface area (Å²) >= 11 is 2.96. The Morgan fingerprint density at radius 1 is 1.12 bits per heavy atom. The molecule has 0 aliphatic rings. The number of alkyl halides is 4. The molecule has 0 saturated heterocycles. The van der Waals surface area contributed by atoms with Crippen LogP contribution in [-0.2, 0) is 0 Å². The number of halogens is 5. The van der Waals surface area contributed by atoms with Crippen LogP contribution in [-0.4, -0.2) is 14.6 Å². The van der Waals surface area contributed by atoms with E-state index in [0.29, 0.717) is 0 Å². The lowest BCUT2D eigenvalue weighted by Crippen LogP contribution is -1.94. The number of fused-ring (bicyclic) bond motifs is 1. The first-order valence-corrected chi connectivity index (χ1v) is 4.90. The van der Waals surface area contributed by atoms with Crippen LogP contribution in [0.3, 0.4) is 0 Å². The molecule has 0 atom stereocenters. The quantitative estimate of drug-likeness (QED) is 0.628. The van der Waals surface area contributed by atoms with Gasteiger partial charge in [0, 0.05) is 5.56 Å². The fourth-order valence-corrected chi connectivity index (χ4v) is 1.72. The summed E-state index contributed by atoms with van der Waals surface area (Å²) < 4.78 is 50.6. The van der Waals surface area contributed by atoms with E-state index in [1.54, 1.807) is 0 Å². The number of pyridine rings is 1. The maximum absolute atomic E-state index is 12.4. The zero-order valence-electron chi connectivity index (χ0n) is 7.54. The number of hydrogen-bond donors (Lipinski definition) is 0. The third-order valence-electron chi connectivity index (χ3n) is 1.88. The maximum atomic E-state index is 12.4. The number of nitrogens with zero attached hydrogens (tertiary/aromatic N) is 3. The van der Waals surface area contributed by atoms with Gasteiger partial charge in [-0.1, -0.05) is 0 Å². The maximum Gasteiger partial charge on any atom is 0.299 e. The summed E-state index contributed by atoms with van der Waals surface area (Å²) in [5, 5.41) is 3.48. The highest BCUT2D eigenvalue weighted by Crippen LogP contribution is 2.25. The summed E-state index contributed by atoms with van der Waals surface area (Å²) in [6.45, 7) is 0. The molecular weight excluding hydrogens is 294 g/mol. The van der Waals surface area contributed by atoms with Gasteiger partial charge < -0.3 is 0 Å². The molecule has 86 valence electrons. The summed E-state index contributed by atoms with van der Waals surface area (Å²) in [6.07, 6.45) is -5.52. The molecule has 0 unspecified atom stereocenters. The van der Waals surface area contributed by atoms with Gasteiger partial charge in [-0.25, -0.2) is 27.1 Å². The van der Waals surface area contributed by atoms with Gasteiger partial charge in [0.05, 0.1) is 0 Å². The second-order valence-corrected chi connectivity index (χ2v) is 3.77. The smallest absolute Gasteiger partial charge is 0.206 e. The molecule has 0 aliphatic carbocycles. The summed E-state index contributed by atoms with van der Waals surface area (Å²) in [5.41, 5.74) is -0.340. The first-order valence-electron chi connectivity index (χ1n) is 4.11. The van der Waals surface area contributed by atoms with Crippen LogP contribution in [0.5, 0.6) is 0 Å². The minimum Gasteiger partial charge on any atom is -0.206 e. The Morgan fingerprint density at radius 3 is 2.38 bits per heavy atom. The molecule has 0 amide bonds. The number of aromatic nitrogens is 3. The lowest BCUT2D eigenvalue weighted by molar-refractivity contribution is 0.140. The molecule has 0 N–H and O–H groups in total. The SMILES string of the molecule is FC(F)c1cc(Br)n2nc(C(F)F)nc2c1. The van der Waals surface area contributed by atoms with Crippen LogP contribution in [0.15, 0.2) is 16.7 Å². The molecule has 2 heterocycles. The molecule has 0 spiro atoms. The van der Waals surface area contributed by atoms with Crippen molar-refractivity contribution in [2.24, 2.45) is 0 Å². The molecule has 0 aliphatic heterocycles. The van der Waals surface area contributed by atoms with Crippen LogP contribution in [0.2, 0.25) is 0 Å². The fourth-order valence-electron chi connectivity index (χ4n) is 1.20. The van der Waals surface area contributed by atoms with Crippen LogP contribution >= 0.6 is 15.9 Å². The molecular formula is C8H4BrF4N3. The Kier molecular flexibility index (Phi) is 2.83. The van der Waals surface area contributed by atoms with Crippen molar-refractivity contribution in [3.63, 3.8) is 0 Å². The van der Waals surface area contributed by atoms with Crippen molar-refractivity contribution in [1.29, 1.82) is 0 Å². The fraction of sp³-hybridized carbons (Fsp3) is 0.250. The van der Waals surface area contributed by atoms with E-state index < -0.39 is 18.7 Å². The van der Waals surface area contributed by atoms with Crippen molar-refractivity contribution in [2.75, 3.05) is 0 Å². The van der Waals surface area contributed by atoms with Gasteiger partial charge >= 0.3 is 0 Å². The predicted molar refractivity (Wildman–Crippen MR) is 50.6 cm³/mol. The molecule has 0 bridgehead atoms. The van der Waals surface area contributed by atoms with Crippen molar-refractivity contribution >= 4 is 21.6 Å². The van der Waals surface area contributed by atoms with Crippen LogP contribution in [0.1, 0.15) is 24.2 Å². The van der Waals surface area contributed by atoms with E-state index in [0.717, 1.165) is 16.6 Å². The Hall–Kier alpha value is -1.18. The van der Waals surface area contributed by atoms with Gasteiger partial charge in [0.2, 0.25) is 5.82 Å². The van der Waals surface area contributed by atoms with Crippen molar-refractivity contribution in [3.05, 3.63) is 28.1 Å². The average Bonchev–Trinajstić information content (AvgIpc) is 2.61. The topological polar surface area (TPSA) is 30.2 Å². The summed E-state index contributed by atoms with van der Waals surface area (Å²) in [5.74, 6) is -0.688. The largest absolute Gasteiger partial charge is 0.299 e. The first kappa shape index (κ1) is 11.3. The number of rotatable bonds is 2. The molecule has 16 heavy (non-hydrogen) atoms. The van der Waals surface area contributed by atoms with Crippen molar-refractivity contribution < 1.29 is 17.6 Å². The molecule has 2 aromatic rings. The van der Waals surface area contributed by atoms with E-state index in [9.17, 15) is 17.6 Å². The summed E-state index contributed by atoms with van der Waals surface area (Å²) in [4.78, 5) is 3.45. The van der Waals surface area contributed by atoms with Crippen LogP contribution < -0.4 is 0 Å². The van der Waals surface area contributed by atoms with Gasteiger partial charge in [-0.2, -0.15) is 0 Å². The summed E-state index contributed by atoms with van der Waals surface area (Å²) in [7, 11) is 0. The Morgan fingerprint density at radius 2 is 1.81 bits per heavy atom. The lowest BCUT2D eigenvalue weighted by Gasteiger charge is -2.01. The van der Waals surface area contributed by atoms with E-state index >= 15 is 0 Å². The highest BCUT2D eigenvalue weighted by atomic mass is 79.9. The highest BCUT2D eigenvalue weighted by molar-refractivity contribution is 9.10. The Balaban J connectivity index is 2.63. The van der Waals surface area contributed by atoms with Gasteiger partial charge in [-0.05, 0) is 28.1 Å². The third kappa shape index (κ3) is 1.89. The van der Waals surface area contributed by atoms with Gasteiger partial charge in [-0.3, -0.25) is 0 Å². The summed E-state index contributed by atoms with van der Waals surface area (Å²) in [6, 6.07) is 2.13. The zero-order chi connectivity index (χ0) is 11.9. The van der Waals surface area contributed by atoms with Crippen LogP contribution in [0.25, 0.3) is 5.65 Å². The second kappa shape index (κ2) is 4.00. The lowest BCUT2D eigenvalue weighted by atomic mass is 10.3. The van der Waals surface area contributed by atoms with Crippen LogP contribution in [0.4, 0.5) is 17.6 Å². The zero-order valence-corrected chi connectivity index (χ0v) is 9.13. The Labute approximate surface area is 95.2 Å². The van der Waals surface area contributed by atoms with Crippen molar-refractivity contribution in [3.8, 4) is 0 Å². The van der Waals surface area contributed by atoms with E-state index in [2.05, 4.69) is 26.0 Å². The molecule has 0 radical (unpaired) electrons. The minimum atomic E-state index is -2.83. The van der Waals surface area contributed by atoms with Crippen LogP contribution in [0, 0.1) is 0 Å². The normalized spacial score (nSPS) is 11.9. The second-order valence-electron chi connectivity index (χ2n) is 2.95. The standard InChI is InChI=1S/C8H4BrF4N3/c9-4-1-3(6(10)11)2-5-14-8(7(12)13)15-16(4)5/h1-2,6-7H. The first-order chi connectivity index (χ1) is 7.49. The third-order valence-corrected chi connectivity index (χ3v) is 2.44. The Bertz CT molecular complexity index is 525. The predicted octanol–water partition coefficient (Wildman–Crippen LogP) is 3.37. The van der Waals surface area contributed by atoms with E-state index in [4.69, 9.17) is 0 Å². The monoisotopic (exact) mass is 297 g/mol. The minimum absolute atomic E-state index is 0.0417. The van der Waals surface area contributed by atoms with E-state index in [1.807, 2.05) is 0 Å². The average molecular weight is 298 g/mol. The molecule has 2 aromatic heterocycles. The van der Waals surface area contributed by atoms with Gasteiger partial charge in [0.15, 0.2) is 5.65 Å². The molecule has 3 nitrogen and oxygen atoms in total. The molecule has 2 rings (SSSR count). The van der Waals surface area contributed by atoms with Gasteiger partial charge in [-0.15, -0.1) is 5.10 Å². The molecule has 8 heteroatoms. The van der Waals surface area contributed by atoms with Crippen molar-refractivity contribution in [2.45, 2.75) is 12.9 Å².